The number of hydrogen-bond donors (Lipinski definition) is 3. The molecule has 0 saturated carbocycles. The van der Waals surface area contributed by atoms with Crippen molar-refractivity contribution in [3.8, 4) is 0 Å². The summed E-state index contributed by atoms with van der Waals surface area (Å²) in [6, 6.07) is 5.27. The van der Waals surface area contributed by atoms with Gasteiger partial charge in [-0.3, -0.25) is 0 Å². The summed E-state index contributed by atoms with van der Waals surface area (Å²) >= 11 is 12.0. The zero-order valence-electron chi connectivity index (χ0n) is 11.2. The number of nitrogens with two attached hydrogens (primary N) is 1. The van der Waals surface area contributed by atoms with E-state index in [9.17, 15) is 8.42 Å². The number of nitrogens with one attached hydrogen (secondary N) is 2. The van der Waals surface area contributed by atoms with Crippen molar-refractivity contribution >= 4 is 33.4 Å². The number of ether oxygens (including phenoxy) is 1. The zero-order valence-corrected chi connectivity index (χ0v) is 13.5. The average Bonchev–Trinajstić information content (AvgIpc) is 2.64. The summed E-state index contributed by atoms with van der Waals surface area (Å²) in [7, 11) is -3.74. The molecule has 9 heteroatoms. The van der Waals surface area contributed by atoms with Crippen LogP contribution in [0.2, 0.25) is 10.0 Å². The summed E-state index contributed by atoms with van der Waals surface area (Å²) in [6.07, 6.45) is -0.288. The summed E-state index contributed by atoms with van der Waals surface area (Å²) in [4.78, 5) is 0. The molecule has 0 amide bonds. The molecule has 0 aliphatic carbocycles. The fourth-order valence-corrected chi connectivity index (χ4v) is 3.00. The predicted octanol–water partition coefficient (Wildman–Crippen LogP) is 1.06. The van der Waals surface area contributed by atoms with Gasteiger partial charge in [-0.2, -0.15) is 8.42 Å². The third-order valence-corrected chi connectivity index (χ3v) is 4.54. The highest BCUT2D eigenvalue weighted by molar-refractivity contribution is 7.87. The van der Waals surface area contributed by atoms with Gasteiger partial charge in [0.05, 0.1) is 22.8 Å². The molecule has 1 fully saturated rings. The molecule has 118 valence electrons. The van der Waals surface area contributed by atoms with E-state index in [0.29, 0.717) is 29.7 Å². The number of rotatable bonds is 4. The Balaban J connectivity index is 2.20. The third-order valence-electron chi connectivity index (χ3n) is 3.23. The minimum absolute atomic E-state index is 0.108. The quantitative estimate of drug-likeness (QED) is 0.754. The molecule has 2 rings (SSSR count). The average molecular weight is 354 g/mol. The summed E-state index contributed by atoms with van der Waals surface area (Å²) in [6.45, 7) is 2.00. The Morgan fingerprint density at radius 3 is 2.81 bits per heavy atom. The van der Waals surface area contributed by atoms with Crippen LogP contribution in [0.1, 0.15) is 11.7 Å². The Labute approximate surface area is 134 Å². The first-order valence-electron chi connectivity index (χ1n) is 6.41. The summed E-state index contributed by atoms with van der Waals surface area (Å²) < 4.78 is 30.3. The van der Waals surface area contributed by atoms with Crippen LogP contribution in [0.5, 0.6) is 0 Å². The first-order chi connectivity index (χ1) is 9.87. The molecule has 0 radical (unpaired) electrons. The lowest BCUT2D eigenvalue weighted by Gasteiger charge is -2.25. The van der Waals surface area contributed by atoms with Gasteiger partial charge in [0.25, 0.3) is 10.2 Å². The molecule has 1 aromatic carbocycles. The van der Waals surface area contributed by atoms with Crippen molar-refractivity contribution in [1.29, 1.82) is 0 Å². The molecule has 1 saturated heterocycles. The molecule has 1 aliphatic rings. The monoisotopic (exact) mass is 353 g/mol. The van der Waals surface area contributed by atoms with E-state index in [1.807, 2.05) is 6.07 Å². The molecule has 21 heavy (non-hydrogen) atoms. The van der Waals surface area contributed by atoms with Crippen LogP contribution in [0.4, 0.5) is 0 Å². The Hall–Kier alpha value is -0.410. The predicted molar refractivity (Wildman–Crippen MR) is 82.6 cm³/mol. The highest BCUT2D eigenvalue weighted by Gasteiger charge is 2.27. The second kappa shape index (κ2) is 7.23. The molecule has 4 N–H and O–H groups in total. The Kier molecular flexibility index (Phi) is 5.84. The van der Waals surface area contributed by atoms with Crippen molar-refractivity contribution in [3.63, 3.8) is 0 Å². The maximum Gasteiger partial charge on any atom is 0.274 e. The van der Waals surface area contributed by atoms with Crippen LogP contribution in [-0.4, -0.2) is 34.7 Å². The van der Waals surface area contributed by atoms with Gasteiger partial charge in [-0.05, 0) is 17.7 Å². The van der Waals surface area contributed by atoms with Gasteiger partial charge in [0, 0.05) is 25.6 Å². The van der Waals surface area contributed by atoms with Crippen LogP contribution >= 0.6 is 23.2 Å². The second-order valence-corrected chi connectivity index (χ2v) is 7.02. The van der Waals surface area contributed by atoms with Gasteiger partial charge in [0.2, 0.25) is 0 Å². The van der Waals surface area contributed by atoms with Gasteiger partial charge in [-0.1, -0.05) is 29.3 Å². The van der Waals surface area contributed by atoms with Crippen molar-refractivity contribution in [2.24, 2.45) is 11.1 Å². The van der Waals surface area contributed by atoms with Crippen LogP contribution in [0.15, 0.2) is 18.2 Å². The van der Waals surface area contributed by atoms with Crippen LogP contribution in [0, 0.1) is 5.92 Å². The summed E-state index contributed by atoms with van der Waals surface area (Å²) in [5, 5.41) is 9.08. The van der Waals surface area contributed by atoms with Gasteiger partial charge < -0.3 is 10.1 Å². The van der Waals surface area contributed by atoms with Crippen molar-refractivity contribution in [3.05, 3.63) is 33.8 Å². The van der Waals surface area contributed by atoms with Crippen LogP contribution in [-0.2, 0) is 14.9 Å². The smallest absolute Gasteiger partial charge is 0.274 e. The van der Waals surface area contributed by atoms with Crippen LogP contribution < -0.4 is 15.2 Å². The molecule has 0 aromatic heterocycles. The minimum Gasteiger partial charge on any atom is -0.372 e. The fraction of sp³-hybridized carbons (Fsp3) is 0.500. The molecule has 0 spiro atoms. The number of hydrogen-bond acceptors (Lipinski definition) is 4. The van der Waals surface area contributed by atoms with Gasteiger partial charge in [-0.15, -0.1) is 0 Å². The molecule has 0 bridgehead atoms. The van der Waals surface area contributed by atoms with E-state index in [-0.39, 0.29) is 18.6 Å². The molecule has 2 atom stereocenters. The molecular formula is C12H17Cl2N3O3S. The first-order valence-corrected chi connectivity index (χ1v) is 8.71. The lowest BCUT2D eigenvalue weighted by atomic mass is 9.95. The van der Waals surface area contributed by atoms with E-state index in [4.69, 9.17) is 33.1 Å². The Bertz CT molecular complexity index is 597. The van der Waals surface area contributed by atoms with Crippen molar-refractivity contribution in [2.75, 3.05) is 26.2 Å². The first kappa shape index (κ1) is 17.0. The third kappa shape index (κ3) is 5.07. The van der Waals surface area contributed by atoms with Crippen molar-refractivity contribution < 1.29 is 13.2 Å². The highest BCUT2D eigenvalue weighted by Crippen LogP contribution is 2.31. The topological polar surface area (TPSA) is 93.5 Å². The molecule has 1 heterocycles. The van der Waals surface area contributed by atoms with E-state index >= 15 is 0 Å². The summed E-state index contributed by atoms with van der Waals surface area (Å²) in [5.41, 5.74) is 0.856. The Morgan fingerprint density at radius 1 is 1.38 bits per heavy atom. The molecule has 1 aliphatic heterocycles. The van der Waals surface area contributed by atoms with Crippen LogP contribution in [0.3, 0.4) is 0 Å². The lowest BCUT2D eigenvalue weighted by molar-refractivity contribution is 0.0322. The number of halogens is 2. The lowest BCUT2D eigenvalue weighted by Crippen LogP contribution is -2.39. The van der Waals surface area contributed by atoms with Crippen molar-refractivity contribution in [2.45, 2.75) is 6.10 Å². The maximum atomic E-state index is 11.1. The second-order valence-electron chi connectivity index (χ2n) is 4.82. The molecule has 1 unspecified atom stereocenters. The van der Waals surface area contributed by atoms with Gasteiger partial charge in [-0.25, -0.2) is 9.86 Å². The Morgan fingerprint density at radius 2 is 2.14 bits per heavy atom. The van der Waals surface area contributed by atoms with E-state index in [1.54, 1.807) is 12.1 Å². The minimum atomic E-state index is -3.74. The number of benzene rings is 1. The van der Waals surface area contributed by atoms with E-state index in [1.165, 1.54) is 0 Å². The van der Waals surface area contributed by atoms with E-state index in [0.717, 1.165) is 5.56 Å². The maximum absolute atomic E-state index is 11.1. The SMILES string of the molecule is NS(=O)(=O)NC[C@H]1CNCCOC1c1ccc(Cl)c(Cl)c1. The molecular weight excluding hydrogens is 337 g/mol. The highest BCUT2D eigenvalue weighted by atomic mass is 35.5. The van der Waals surface area contributed by atoms with E-state index < -0.39 is 10.2 Å². The van der Waals surface area contributed by atoms with Gasteiger partial charge >= 0.3 is 0 Å². The van der Waals surface area contributed by atoms with Crippen LogP contribution in [0.25, 0.3) is 0 Å². The van der Waals surface area contributed by atoms with E-state index in [2.05, 4.69) is 10.0 Å². The normalized spacial score (nSPS) is 23.8. The molecule has 6 nitrogen and oxygen atoms in total. The zero-order chi connectivity index (χ0) is 15.5. The standard InChI is InChI=1S/C12H17Cl2N3O3S/c13-10-2-1-8(5-11(10)14)12-9(6-16-3-4-20-12)7-17-21(15,18)19/h1-2,5,9,12,16-17H,3-4,6-7H2,(H2,15,18,19)/t9-,12?/m1/s1. The largest absolute Gasteiger partial charge is 0.372 e. The van der Waals surface area contributed by atoms with Gasteiger partial charge in [0.1, 0.15) is 0 Å². The van der Waals surface area contributed by atoms with Crippen molar-refractivity contribution in [1.82, 2.24) is 10.0 Å². The molecule has 1 aromatic rings. The fourth-order valence-electron chi connectivity index (χ4n) is 2.25. The summed E-state index contributed by atoms with van der Waals surface area (Å²) in [5.74, 6) is -0.108. The van der Waals surface area contributed by atoms with Gasteiger partial charge in [0.15, 0.2) is 0 Å².